The van der Waals surface area contributed by atoms with E-state index in [0.717, 1.165) is 5.56 Å². The number of hydrogen-bond acceptors (Lipinski definition) is 3. The predicted molar refractivity (Wildman–Crippen MR) is 74.0 cm³/mol. The van der Waals surface area contributed by atoms with E-state index in [-0.39, 0.29) is 11.9 Å². The van der Waals surface area contributed by atoms with Crippen molar-refractivity contribution in [2.75, 3.05) is 0 Å². The minimum Gasteiger partial charge on any atom is -0.366 e. The molecule has 20 heavy (non-hydrogen) atoms. The van der Waals surface area contributed by atoms with E-state index in [1.54, 1.807) is 6.07 Å². The van der Waals surface area contributed by atoms with E-state index in [0.29, 0.717) is 17.8 Å². The summed E-state index contributed by atoms with van der Waals surface area (Å²) in [7, 11) is 0. The monoisotopic (exact) mass is 276 g/mol. The number of carbonyl (C=O) groups excluding carboxylic acids is 1. The molecule has 0 spiro atoms. The Labute approximate surface area is 116 Å². The van der Waals surface area contributed by atoms with E-state index in [9.17, 15) is 9.18 Å². The van der Waals surface area contributed by atoms with Crippen molar-refractivity contribution in [3.05, 3.63) is 47.5 Å². The van der Waals surface area contributed by atoms with Crippen molar-refractivity contribution in [2.45, 2.75) is 26.4 Å². The third kappa shape index (κ3) is 3.21. The third-order valence-corrected chi connectivity index (χ3v) is 2.86. The molecule has 1 amide bonds. The molecule has 0 radical (unpaired) electrons. The number of aromatic nitrogens is 2. The molecule has 0 aliphatic carbocycles. The van der Waals surface area contributed by atoms with Crippen molar-refractivity contribution in [1.82, 2.24) is 15.1 Å². The quantitative estimate of drug-likeness (QED) is 0.871. The molecule has 5 nitrogen and oxygen atoms in total. The largest absolute Gasteiger partial charge is 0.366 e. The fraction of sp³-hybridized carbons (Fsp3) is 0.286. The van der Waals surface area contributed by atoms with Crippen LogP contribution >= 0.6 is 0 Å². The van der Waals surface area contributed by atoms with Crippen LogP contribution in [-0.2, 0) is 6.54 Å². The standard InChI is InChI=1S/C14H17FN4O/c1-9(2)17-6-10-5-12(15)3-4-13(10)19-8-11(7-18-19)14(16)20/h3-5,7-9,17H,6H2,1-2H3,(H2,16,20). The maximum Gasteiger partial charge on any atom is 0.251 e. The van der Waals surface area contributed by atoms with Gasteiger partial charge in [-0.25, -0.2) is 9.07 Å². The molecule has 0 aliphatic heterocycles. The first kappa shape index (κ1) is 14.2. The minimum atomic E-state index is -0.541. The number of nitrogens with two attached hydrogens (primary N) is 1. The zero-order valence-corrected chi connectivity index (χ0v) is 11.4. The van der Waals surface area contributed by atoms with Crippen LogP contribution < -0.4 is 11.1 Å². The van der Waals surface area contributed by atoms with Gasteiger partial charge in [-0.05, 0) is 23.8 Å². The Bertz CT molecular complexity index is 621. The first-order valence-corrected chi connectivity index (χ1v) is 6.34. The molecule has 0 saturated carbocycles. The number of carbonyl (C=O) groups is 1. The fourth-order valence-electron chi connectivity index (χ4n) is 1.82. The summed E-state index contributed by atoms with van der Waals surface area (Å²) in [4.78, 5) is 11.1. The SMILES string of the molecule is CC(C)NCc1cc(F)ccc1-n1cc(C(N)=O)cn1. The minimum absolute atomic E-state index is 0.282. The van der Waals surface area contributed by atoms with Crippen LogP contribution in [-0.4, -0.2) is 21.7 Å². The Balaban J connectivity index is 2.36. The second kappa shape index (κ2) is 5.83. The van der Waals surface area contributed by atoms with Crippen LogP contribution in [0.1, 0.15) is 29.8 Å². The lowest BCUT2D eigenvalue weighted by Crippen LogP contribution is -2.22. The molecule has 3 N–H and O–H groups in total. The molecule has 0 bridgehead atoms. The number of halogens is 1. The van der Waals surface area contributed by atoms with Gasteiger partial charge in [0, 0.05) is 18.8 Å². The molecule has 1 heterocycles. The Morgan fingerprint density at radius 2 is 2.25 bits per heavy atom. The molecule has 6 heteroatoms. The van der Waals surface area contributed by atoms with Crippen LogP contribution in [0.3, 0.4) is 0 Å². The average molecular weight is 276 g/mol. The first-order chi connectivity index (χ1) is 9.47. The summed E-state index contributed by atoms with van der Waals surface area (Å²) in [5.41, 5.74) is 6.99. The summed E-state index contributed by atoms with van der Waals surface area (Å²) in [6, 6.07) is 4.73. The summed E-state index contributed by atoms with van der Waals surface area (Å²) in [5, 5.41) is 7.32. The number of rotatable bonds is 5. The number of benzene rings is 1. The first-order valence-electron chi connectivity index (χ1n) is 6.34. The average Bonchev–Trinajstić information content (AvgIpc) is 2.86. The van der Waals surface area contributed by atoms with E-state index in [2.05, 4.69) is 10.4 Å². The van der Waals surface area contributed by atoms with Crippen LogP contribution in [0.15, 0.2) is 30.6 Å². The number of nitrogens with zero attached hydrogens (tertiary/aromatic N) is 2. The molecular formula is C14H17FN4O. The second-order valence-corrected chi connectivity index (χ2v) is 4.85. The van der Waals surface area contributed by atoms with Gasteiger partial charge in [-0.3, -0.25) is 4.79 Å². The van der Waals surface area contributed by atoms with Crippen molar-refractivity contribution in [3.8, 4) is 5.69 Å². The van der Waals surface area contributed by atoms with Crippen LogP contribution in [0.4, 0.5) is 4.39 Å². The van der Waals surface area contributed by atoms with E-state index in [1.165, 1.54) is 29.2 Å². The van der Waals surface area contributed by atoms with Crippen molar-refractivity contribution >= 4 is 5.91 Å². The number of amides is 1. The lowest BCUT2D eigenvalue weighted by Gasteiger charge is -2.12. The Kier molecular flexibility index (Phi) is 4.14. The van der Waals surface area contributed by atoms with Gasteiger partial charge >= 0.3 is 0 Å². The molecule has 1 aromatic carbocycles. The van der Waals surface area contributed by atoms with Gasteiger partial charge in [-0.15, -0.1) is 0 Å². The van der Waals surface area contributed by atoms with Gasteiger partial charge < -0.3 is 11.1 Å². The number of primary amides is 1. The summed E-state index contributed by atoms with van der Waals surface area (Å²) < 4.78 is 14.9. The van der Waals surface area contributed by atoms with Crippen LogP contribution in [0.2, 0.25) is 0 Å². The van der Waals surface area contributed by atoms with Gasteiger partial charge in [0.05, 0.1) is 17.4 Å². The van der Waals surface area contributed by atoms with Crippen LogP contribution in [0.25, 0.3) is 5.69 Å². The lowest BCUT2D eigenvalue weighted by molar-refractivity contribution is 0.100. The Morgan fingerprint density at radius 3 is 2.85 bits per heavy atom. The molecular weight excluding hydrogens is 259 g/mol. The molecule has 0 unspecified atom stereocenters. The van der Waals surface area contributed by atoms with E-state index in [1.807, 2.05) is 13.8 Å². The summed E-state index contributed by atoms with van der Waals surface area (Å²) >= 11 is 0. The number of hydrogen-bond donors (Lipinski definition) is 2. The smallest absolute Gasteiger partial charge is 0.251 e. The Morgan fingerprint density at radius 1 is 1.50 bits per heavy atom. The molecule has 0 fully saturated rings. The maximum absolute atomic E-state index is 13.4. The van der Waals surface area contributed by atoms with E-state index >= 15 is 0 Å². The Hall–Kier alpha value is -2.21. The van der Waals surface area contributed by atoms with Gasteiger partial charge in [0.2, 0.25) is 0 Å². The molecule has 2 rings (SSSR count). The third-order valence-electron chi connectivity index (χ3n) is 2.86. The molecule has 0 atom stereocenters. The fourth-order valence-corrected chi connectivity index (χ4v) is 1.82. The zero-order valence-electron chi connectivity index (χ0n) is 11.4. The van der Waals surface area contributed by atoms with Crippen molar-refractivity contribution in [3.63, 3.8) is 0 Å². The second-order valence-electron chi connectivity index (χ2n) is 4.85. The highest BCUT2D eigenvalue weighted by molar-refractivity contribution is 5.92. The van der Waals surface area contributed by atoms with Gasteiger partial charge in [0.1, 0.15) is 5.82 Å². The highest BCUT2D eigenvalue weighted by Gasteiger charge is 2.10. The normalized spacial score (nSPS) is 11.0. The highest BCUT2D eigenvalue weighted by atomic mass is 19.1. The van der Waals surface area contributed by atoms with Crippen LogP contribution in [0, 0.1) is 5.82 Å². The van der Waals surface area contributed by atoms with E-state index in [4.69, 9.17) is 5.73 Å². The van der Waals surface area contributed by atoms with Crippen molar-refractivity contribution in [2.24, 2.45) is 5.73 Å². The zero-order chi connectivity index (χ0) is 14.7. The van der Waals surface area contributed by atoms with Gasteiger partial charge in [-0.1, -0.05) is 13.8 Å². The summed E-state index contributed by atoms with van der Waals surface area (Å²) in [5.74, 6) is -0.850. The van der Waals surface area contributed by atoms with Crippen molar-refractivity contribution < 1.29 is 9.18 Å². The molecule has 1 aromatic heterocycles. The van der Waals surface area contributed by atoms with E-state index < -0.39 is 5.91 Å². The summed E-state index contributed by atoms with van der Waals surface area (Å²) in [6.45, 7) is 4.53. The molecule has 106 valence electrons. The lowest BCUT2D eigenvalue weighted by atomic mass is 10.1. The van der Waals surface area contributed by atoms with Crippen LogP contribution in [0.5, 0.6) is 0 Å². The van der Waals surface area contributed by atoms with Gasteiger partial charge in [-0.2, -0.15) is 5.10 Å². The number of nitrogens with one attached hydrogen (secondary N) is 1. The van der Waals surface area contributed by atoms with Crippen molar-refractivity contribution in [1.29, 1.82) is 0 Å². The highest BCUT2D eigenvalue weighted by Crippen LogP contribution is 2.16. The molecule has 2 aromatic rings. The molecule has 0 aliphatic rings. The molecule has 0 saturated heterocycles. The topological polar surface area (TPSA) is 72.9 Å². The van der Waals surface area contributed by atoms with Gasteiger partial charge in [0.25, 0.3) is 5.91 Å². The summed E-state index contributed by atoms with van der Waals surface area (Å²) in [6.07, 6.45) is 2.93. The predicted octanol–water partition coefficient (Wildman–Crippen LogP) is 1.61. The van der Waals surface area contributed by atoms with Gasteiger partial charge in [0.15, 0.2) is 0 Å². The maximum atomic E-state index is 13.4.